The molecule has 90 valence electrons. The van der Waals surface area contributed by atoms with E-state index in [0.717, 1.165) is 21.9 Å². The van der Waals surface area contributed by atoms with Crippen LogP contribution in [0.15, 0.2) is 18.2 Å². The maximum Gasteiger partial charge on any atom is 0.127 e. The van der Waals surface area contributed by atoms with E-state index < -0.39 is 0 Å². The van der Waals surface area contributed by atoms with Crippen LogP contribution in [-0.4, -0.2) is 7.11 Å². The van der Waals surface area contributed by atoms with E-state index in [1.807, 2.05) is 0 Å². The Hall–Kier alpha value is -1.48. The zero-order valence-electron chi connectivity index (χ0n) is 10.6. The molecule has 0 saturated heterocycles. The van der Waals surface area contributed by atoms with Gasteiger partial charge in [-0.3, -0.25) is 0 Å². The number of nitrogens with two attached hydrogens (primary N) is 1. The van der Waals surface area contributed by atoms with Gasteiger partial charge in [0.05, 0.1) is 12.1 Å². The Kier molecular flexibility index (Phi) is 3.11. The Morgan fingerprint density at radius 3 is 2.18 bits per heavy atom. The average Bonchev–Trinajstić information content (AvgIpc) is 2.61. The molecular weight excluding hydrogens is 230 g/mol. The Morgan fingerprint density at radius 2 is 1.65 bits per heavy atom. The number of benzene rings is 1. The second-order valence-electron chi connectivity index (χ2n) is 4.27. The van der Waals surface area contributed by atoms with Crippen LogP contribution in [0.1, 0.15) is 16.0 Å². The van der Waals surface area contributed by atoms with Gasteiger partial charge >= 0.3 is 0 Å². The standard InChI is InChI=1S/C14H17NOS/c1-8-5-11(13(16-4)6-9(8)2)12-7-10(3)17-14(12)15/h5-7H,15H2,1-4H3. The highest BCUT2D eigenvalue weighted by Gasteiger charge is 2.13. The van der Waals surface area contributed by atoms with E-state index in [-0.39, 0.29) is 0 Å². The van der Waals surface area contributed by atoms with E-state index in [9.17, 15) is 0 Å². The highest BCUT2D eigenvalue weighted by Crippen LogP contribution is 2.39. The highest BCUT2D eigenvalue weighted by atomic mass is 32.1. The lowest BCUT2D eigenvalue weighted by Gasteiger charge is -2.11. The topological polar surface area (TPSA) is 35.2 Å². The summed E-state index contributed by atoms with van der Waals surface area (Å²) in [4.78, 5) is 1.22. The molecule has 2 nitrogen and oxygen atoms in total. The van der Waals surface area contributed by atoms with Gasteiger partial charge in [-0.15, -0.1) is 11.3 Å². The summed E-state index contributed by atoms with van der Waals surface area (Å²) < 4.78 is 5.45. The molecule has 0 radical (unpaired) electrons. The van der Waals surface area contributed by atoms with E-state index in [0.29, 0.717) is 0 Å². The largest absolute Gasteiger partial charge is 0.496 e. The zero-order valence-corrected chi connectivity index (χ0v) is 11.4. The predicted octanol–water partition coefficient (Wildman–Crippen LogP) is 3.93. The molecule has 2 aromatic rings. The summed E-state index contributed by atoms with van der Waals surface area (Å²) in [7, 11) is 1.70. The molecule has 0 amide bonds. The first kappa shape index (κ1) is 12.0. The van der Waals surface area contributed by atoms with Crippen LogP contribution < -0.4 is 10.5 Å². The Labute approximate surface area is 106 Å². The molecular formula is C14H17NOS. The molecule has 0 spiro atoms. The summed E-state index contributed by atoms with van der Waals surface area (Å²) in [6.07, 6.45) is 0. The van der Waals surface area contributed by atoms with Crippen LogP contribution in [0.4, 0.5) is 5.00 Å². The van der Waals surface area contributed by atoms with E-state index in [4.69, 9.17) is 10.5 Å². The molecule has 2 rings (SSSR count). The molecule has 0 bridgehead atoms. The second kappa shape index (κ2) is 4.41. The first-order chi connectivity index (χ1) is 8.02. The van der Waals surface area contributed by atoms with Crippen LogP contribution in [-0.2, 0) is 0 Å². The number of rotatable bonds is 2. The Balaban J connectivity index is 2.66. The van der Waals surface area contributed by atoms with Crippen molar-refractivity contribution < 1.29 is 4.74 Å². The fourth-order valence-electron chi connectivity index (χ4n) is 1.91. The maximum absolute atomic E-state index is 6.05. The van der Waals surface area contributed by atoms with Crippen LogP contribution in [0, 0.1) is 20.8 Å². The number of hydrogen-bond donors (Lipinski definition) is 1. The Morgan fingerprint density at radius 1 is 1.00 bits per heavy atom. The number of anilines is 1. The number of ether oxygens (including phenoxy) is 1. The van der Waals surface area contributed by atoms with E-state index in [1.54, 1.807) is 18.4 Å². The molecule has 0 saturated carbocycles. The fraction of sp³-hybridized carbons (Fsp3) is 0.286. The predicted molar refractivity (Wildman–Crippen MR) is 74.9 cm³/mol. The molecule has 0 atom stereocenters. The van der Waals surface area contributed by atoms with Gasteiger partial charge in [0.25, 0.3) is 0 Å². The molecule has 17 heavy (non-hydrogen) atoms. The van der Waals surface area contributed by atoms with Gasteiger partial charge < -0.3 is 10.5 Å². The first-order valence-electron chi connectivity index (χ1n) is 5.54. The summed E-state index contributed by atoms with van der Waals surface area (Å²) in [6.45, 7) is 6.26. The van der Waals surface area contributed by atoms with Crippen molar-refractivity contribution in [1.82, 2.24) is 0 Å². The van der Waals surface area contributed by atoms with Crippen molar-refractivity contribution in [1.29, 1.82) is 0 Å². The summed E-state index contributed by atoms with van der Waals surface area (Å²) in [6, 6.07) is 6.33. The molecule has 0 aliphatic rings. The van der Waals surface area contributed by atoms with Crippen molar-refractivity contribution in [3.8, 4) is 16.9 Å². The van der Waals surface area contributed by atoms with Crippen molar-refractivity contribution in [3.63, 3.8) is 0 Å². The van der Waals surface area contributed by atoms with Crippen molar-refractivity contribution in [2.75, 3.05) is 12.8 Å². The van der Waals surface area contributed by atoms with Crippen LogP contribution in [0.3, 0.4) is 0 Å². The minimum Gasteiger partial charge on any atom is -0.496 e. The molecule has 2 N–H and O–H groups in total. The van der Waals surface area contributed by atoms with Gasteiger partial charge in [0.1, 0.15) is 5.75 Å². The van der Waals surface area contributed by atoms with Gasteiger partial charge in [-0.25, -0.2) is 0 Å². The number of methoxy groups -OCH3 is 1. The van der Waals surface area contributed by atoms with Crippen molar-refractivity contribution in [2.45, 2.75) is 20.8 Å². The molecule has 3 heteroatoms. The fourth-order valence-corrected chi connectivity index (χ4v) is 2.71. The third-order valence-electron chi connectivity index (χ3n) is 2.99. The molecule has 0 unspecified atom stereocenters. The number of hydrogen-bond acceptors (Lipinski definition) is 3. The minimum atomic E-state index is 0.851. The molecule has 0 aliphatic carbocycles. The number of aryl methyl sites for hydroxylation is 3. The third-order valence-corrected chi connectivity index (χ3v) is 3.87. The maximum atomic E-state index is 6.05. The SMILES string of the molecule is COc1cc(C)c(C)cc1-c1cc(C)sc1N. The molecule has 1 heterocycles. The minimum absolute atomic E-state index is 0.851. The molecule has 0 aliphatic heterocycles. The van der Waals surface area contributed by atoms with Crippen molar-refractivity contribution in [2.24, 2.45) is 0 Å². The van der Waals surface area contributed by atoms with Crippen LogP contribution in [0.25, 0.3) is 11.1 Å². The molecule has 0 fully saturated rings. The lowest BCUT2D eigenvalue weighted by Crippen LogP contribution is -1.92. The summed E-state index contributed by atoms with van der Waals surface area (Å²) in [5.74, 6) is 0.887. The van der Waals surface area contributed by atoms with Gasteiger partial charge in [-0.05, 0) is 50.1 Å². The number of thiophene rings is 1. The van der Waals surface area contributed by atoms with Gasteiger partial charge in [0.15, 0.2) is 0 Å². The summed E-state index contributed by atoms with van der Waals surface area (Å²) in [5, 5.41) is 0.851. The first-order valence-corrected chi connectivity index (χ1v) is 6.36. The lowest BCUT2D eigenvalue weighted by atomic mass is 10.0. The third kappa shape index (κ3) is 2.15. The monoisotopic (exact) mass is 247 g/mol. The quantitative estimate of drug-likeness (QED) is 0.872. The van der Waals surface area contributed by atoms with E-state index in [2.05, 4.69) is 39.0 Å². The van der Waals surface area contributed by atoms with Gasteiger partial charge in [0.2, 0.25) is 0 Å². The summed E-state index contributed by atoms with van der Waals surface area (Å²) >= 11 is 1.62. The van der Waals surface area contributed by atoms with Crippen molar-refractivity contribution >= 4 is 16.3 Å². The Bertz CT molecular complexity index is 558. The second-order valence-corrected chi connectivity index (χ2v) is 5.56. The van der Waals surface area contributed by atoms with E-state index >= 15 is 0 Å². The highest BCUT2D eigenvalue weighted by molar-refractivity contribution is 7.16. The van der Waals surface area contributed by atoms with Gasteiger partial charge in [-0.1, -0.05) is 0 Å². The average molecular weight is 247 g/mol. The van der Waals surface area contributed by atoms with Crippen LogP contribution >= 0.6 is 11.3 Å². The summed E-state index contributed by atoms with van der Waals surface area (Å²) in [5.41, 5.74) is 10.7. The van der Waals surface area contributed by atoms with Crippen LogP contribution in [0.2, 0.25) is 0 Å². The zero-order chi connectivity index (χ0) is 12.6. The van der Waals surface area contributed by atoms with Crippen molar-refractivity contribution in [3.05, 3.63) is 34.2 Å². The van der Waals surface area contributed by atoms with Crippen LogP contribution in [0.5, 0.6) is 5.75 Å². The molecule has 1 aromatic carbocycles. The van der Waals surface area contributed by atoms with E-state index in [1.165, 1.54) is 16.0 Å². The van der Waals surface area contributed by atoms with Gasteiger partial charge in [-0.2, -0.15) is 0 Å². The smallest absolute Gasteiger partial charge is 0.127 e. The molecule has 1 aromatic heterocycles. The normalized spacial score (nSPS) is 10.6. The number of nitrogen functional groups attached to an aromatic ring is 1. The van der Waals surface area contributed by atoms with Gasteiger partial charge in [0, 0.05) is 16.0 Å². The lowest BCUT2D eigenvalue weighted by molar-refractivity contribution is 0.416.